The van der Waals surface area contributed by atoms with Crippen LogP contribution in [-0.2, 0) is 4.79 Å². The van der Waals surface area contributed by atoms with Gasteiger partial charge in [0.2, 0.25) is 5.91 Å². The number of hydrogen-bond donors (Lipinski definition) is 2. The van der Waals surface area contributed by atoms with Crippen LogP contribution in [0.4, 0.5) is 14.5 Å². The first-order valence-corrected chi connectivity index (χ1v) is 5.51. The molecule has 0 aliphatic heterocycles. The summed E-state index contributed by atoms with van der Waals surface area (Å²) in [5.74, 6) is -2.36. The van der Waals surface area contributed by atoms with E-state index >= 15 is 0 Å². The number of carbonyl (C=O) groups excluding carboxylic acids is 1. The van der Waals surface area contributed by atoms with E-state index in [1.54, 1.807) is 0 Å². The lowest BCUT2D eigenvalue weighted by Gasteiger charge is -2.14. The summed E-state index contributed by atoms with van der Waals surface area (Å²) in [6.45, 7) is 0. The van der Waals surface area contributed by atoms with E-state index in [0.717, 1.165) is 24.6 Å². The SMILES string of the molecule is O=C(Nc1cc(F)cc(F)c1)C1CCCC1O. The molecule has 0 aromatic heterocycles. The monoisotopic (exact) mass is 241 g/mol. The number of anilines is 1. The Morgan fingerprint density at radius 3 is 2.41 bits per heavy atom. The molecule has 0 heterocycles. The average molecular weight is 241 g/mol. The quantitative estimate of drug-likeness (QED) is 0.832. The highest BCUT2D eigenvalue weighted by Gasteiger charge is 2.31. The molecule has 2 atom stereocenters. The molecule has 17 heavy (non-hydrogen) atoms. The fourth-order valence-corrected chi connectivity index (χ4v) is 2.11. The highest BCUT2D eigenvalue weighted by molar-refractivity contribution is 5.93. The molecule has 3 nitrogen and oxygen atoms in total. The molecule has 1 fully saturated rings. The molecule has 1 aromatic carbocycles. The Labute approximate surface area is 97.5 Å². The van der Waals surface area contributed by atoms with Crippen molar-refractivity contribution in [2.75, 3.05) is 5.32 Å². The van der Waals surface area contributed by atoms with Gasteiger partial charge in [-0.15, -0.1) is 0 Å². The van der Waals surface area contributed by atoms with Crippen LogP contribution in [-0.4, -0.2) is 17.1 Å². The van der Waals surface area contributed by atoms with Gasteiger partial charge in [0, 0.05) is 11.8 Å². The number of carbonyl (C=O) groups is 1. The zero-order valence-electron chi connectivity index (χ0n) is 9.12. The Bertz CT molecular complexity index is 416. The first-order chi connectivity index (χ1) is 8.06. The molecule has 1 amide bonds. The lowest BCUT2D eigenvalue weighted by atomic mass is 10.1. The molecule has 2 rings (SSSR count). The van der Waals surface area contributed by atoms with Crippen LogP contribution < -0.4 is 5.32 Å². The molecule has 2 N–H and O–H groups in total. The zero-order valence-corrected chi connectivity index (χ0v) is 9.12. The van der Waals surface area contributed by atoms with Gasteiger partial charge < -0.3 is 10.4 Å². The van der Waals surface area contributed by atoms with Crippen molar-refractivity contribution in [3.05, 3.63) is 29.8 Å². The number of amides is 1. The van der Waals surface area contributed by atoms with Crippen molar-refractivity contribution in [3.8, 4) is 0 Å². The van der Waals surface area contributed by atoms with Gasteiger partial charge >= 0.3 is 0 Å². The summed E-state index contributed by atoms with van der Waals surface area (Å²) in [5, 5.41) is 12.0. The average Bonchev–Trinajstić information content (AvgIpc) is 2.62. The Morgan fingerprint density at radius 1 is 1.24 bits per heavy atom. The second kappa shape index (κ2) is 4.79. The van der Waals surface area contributed by atoms with Crippen LogP contribution in [0.25, 0.3) is 0 Å². The number of rotatable bonds is 2. The van der Waals surface area contributed by atoms with Crippen LogP contribution in [0.1, 0.15) is 19.3 Å². The number of benzene rings is 1. The Hall–Kier alpha value is -1.49. The minimum Gasteiger partial charge on any atom is -0.392 e. The van der Waals surface area contributed by atoms with Gasteiger partial charge in [-0.1, -0.05) is 0 Å². The molecule has 0 spiro atoms. The van der Waals surface area contributed by atoms with Gasteiger partial charge in [-0.05, 0) is 31.4 Å². The normalized spacial score (nSPS) is 23.7. The maximum absolute atomic E-state index is 12.9. The molecular formula is C12H13F2NO2. The summed E-state index contributed by atoms with van der Waals surface area (Å²) in [6.07, 6.45) is 1.32. The number of aliphatic hydroxyl groups is 1. The van der Waals surface area contributed by atoms with E-state index in [-0.39, 0.29) is 11.6 Å². The molecule has 0 radical (unpaired) electrons. The molecular weight excluding hydrogens is 228 g/mol. The maximum atomic E-state index is 12.9. The molecule has 1 saturated carbocycles. The van der Waals surface area contributed by atoms with Gasteiger partial charge in [0.1, 0.15) is 11.6 Å². The largest absolute Gasteiger partial charge is 0.392 e. The third-order valence-corrected chi connectivity index (χ3v) is 2.95. The van der Waals surface area contributed by atoms with Crippen LogP contribution in [0.5, 0.6) is 0 Å². The summed E-state index contributed by atoms with van der Waals surface area (Å²) >= 11 is 0. The fraction of sp³-hybridized carbons (Fsp3) is 0.417. The third kappa shape index (κ3) is 2.79. The van der Waals surface area contributed by atoms with Crippen LogP contribution in [0.2, 0.25) is 0 Å². The molecule has 5 heteroatoms. The zero-order chi connectivity index (χ0) is 12.4. The van der Waals surface area contributed by atoms with Gasteiger partial charge in [0.15, 0.2) is 0 Å². The van der Waals surface area contributed by atoms with Crippen LogP contribution in [0.15, 0.2) is 18.2 Å². The Morgan fingerprint density at radius 2 is 1.88 bits per heavy atom. The molecule has 92 valence electrons. The van der Waals surface area contributed by atoms with E-state index in [9.17, 15) is 18.7 Å². The van der Waals surface area contributed by atoms with Gasteiger partial charge in [0.05, 0.1) is 12.0 Å². The second-order valence-corrected chi connectivity index (χ2v) is 4.25. The lowest BCUT2D eigenvalue weighted by Crippen LogP contribution is -2.28. The van der Waals surface area contributed by atoms with E-state index in [2.05, 4.69) is 5.32 Å². The van der Waals surface area contributed by atoms with Crippen molar-refractivity contribution in [2.45, 2.75) is 25.4 Å². The number of halogens is 2. The first-order valence-electron chi connectivity index (χ1n) is 5.51. The summed E-state index contributed by atoms with van der Waals surface area (Å²) < 4.78 is 25.8. The van der Waals surface area contributed by atoms with Crippen molar-refractivity contribution in [2.24, 2.45) is 5.92 Å². The summed E-state index contributed by atoms with van der Waals surface area (Å²) in [6, 6.07) is 2.82. The summed E-state index contributed by atoms with van der Waals surface area (Å²) in [5.41, 5.74) is 0.0756. The summed E-state index contributed by atoms with van der Waals surface area (Å²) in [7, 11) is 0. The molecule has 2 unspecified atom stereocenters. The van der Waals surface area contributed by atoms with Crippen LogP contribution in [0.3, 0.4) is 0 Å². The van der Waals surface area contributed by atoms with Crippen molar-refractivity contribution < 1.29 is 18.7 Å². The van der Waals surface area contributed by atoms with Crippen molar-refractivity contribution >= 4 is 11.6 Å². The molecule has 1 aliphatic carbocycles. The van der Waals surface area contributed by atoms with E-state index in [0.29, 0.717) is 12.8 Å². The topological polar surface area (TPSA) is 49.3 Å². The fourth-order valence-electron chi connectivity index (χ4n) is 2.11. The number of nitrogens with one attached hydrogen (secondary N) is 1. The molecule has 0 bridgehead atoms. The third-order valence-electron chi connectivity index (χ3n) is 2.95. The standard InChI is InChI=1S/C12H13F2NO2/c13-7-4-8(14)6-9(5-7)15-12(17)10-2-1-3-11(10)16/h4-6,10-11,16H,1-3H2,(H,15,17). The van der Waals surface area contributed by atoms with Crippen molar-refractivity contribution in [3.63, 3.8) is 0 Å². The number of aliphatic hydroxyl groups excluding tert-OH is 1. The molecule has 0 saturated heterocycles. The van der Waals surface area contributed by atoms with E-state index in [1.807, 2.05) is 0 Å². The van der Waals surface area contributed by atoms with Crippen LogP contribution >= 0.6 is 0 Å². The maximum Gasteiger partial charge on any atom is 0.230 e. The lowest BCUT2D eigenvalue weighted by molar-refractivity contribution is -0.122. The van der Waals surface area contributed by atoms with Crippen LogP contribution in [0, 0.1) is 17.6 Å². The second-order valence-electron chi connectivity index (χ2n) is 4.25. The van der Waals surface area contributed by atoms with Gasteiger partial charge in [-0.3, -0.25) is 4.79 Å². The number of hydrogen-bond acceptors (Lipinski definition) is 2. The minimum atomic E-state index is -0.743. The Balaban J connectivity index is 2.07. The smallest absolute Gasteiger partial charge is 0.230 e. The Kier molecular flexibility index (Phi) is 3.38. The highest BCUT2D eigenvalue weighted by atomic mass is 19.1. The highest BCUT2D eigenvalue weighted by Crippen LogP contribution is 2.27. The predicted molar refractivity (Wildman–Crippen MR) is 58.3 cm³/mol. The van der Waals surface area contributed by atoms with Crippen molar-refractivity contribution in [1.29, 1.82) is 0 Å². The van der Waals surface area contributed by atoms with E-state index in [1.165, 1.54) is 0 Å². The van der Waals surface area contributed by atoms with Gasteiger partial charge in [-0.25, -0.2) is 8.78 Å². The molecule has 1 aromatic rings. The van der Waals surface area contributed by atoms with E-state index in [4.69, 9.17) is 0 Å². The van der Waals surface area contributed by atoms with E-state index < -0.39 is 23.7 Å². The van der Waals surface area contributed by atoms with Gasteiger partial charge in [0.25, 0.3) is 0 Å². The first kappa shape index (κ1) is 12.0. The van der Waals surface area contributed by atoms with Crippen molar-refractivity contribution in [1.82, 2.24) is 0 Å². The molecule has 1 aliphatic rings. The minimum absolute atomic E-state index is 0.0756. The van der Waals surface area contributed by atoms with Gasteiger partial charge in [-0.2, -0.15) is 0 Å². The predicted octanol–water partition coefficient (Wildman–Crippen LogP) is 2.06. The summed E-state index contributed by atoms with van der Waals surface area (Å²) in [4.78, 5) is 11.7.